The van der Waals surface area contributed by atoms with Crippen molar-refractivity contribution in [2.24, 2.45) is 0 Å². The van der Waals surface area contributed by atoms with Crippen LogP contribution in [0, 0.1) is 13.8 Å². The summed E-state index contributed by atoms with van der Waals surface area (Å²) in [5, 5.41) is 3.45. The van der Waals surface area contributed by atoms with Gasteiger partial charge in [0.05, 0.1) is 18.2 Å². The van der Waals surface area contributed by atoms with E-state index in [1.165, 1.54) is 11.3 Å². The van der Waals surface area contributed by atoms with Crippen LogP contribution in [0.2, 0.25) is 0 Å². The van der Waals surface area contributed by atoms with Gasteiger partial charge in [0, 0.05) is 18.0 Å². The Balaban J connectivity index is 2.15. The first-order valence-electron chi connectivity index (χ1n) is 10.7. The standard InChI is InChI=1S/C23H34N4O2S/c1-6-20(19-12-10-9-11-13-19)22(29)27(15-14-26(7-2)8-3)16-21(28)25-23-24-17(4)18(5)30-23/h9-13,20H,6-8,14-16H2,1-5H3,(H,24,25,28)/t20-/m1/s1. The molecule has 0 aliphatic rings. The van der Waals surface area contributed by atoms with Crippen LogP contribution in [0.15, 0.2) is 30.3 Å². The molecule has 1 aromatic carbocycles. The van der Waals surface area contributed by atoms with Crippen LogP contribution in [0.5, 0.6) is 0 Å². The van der Waals surface area contributed by atoms with Crippen molar-refractivity contribution in [1.29, 1.82) is 0 Å². The number of likely N-dealkylation sites (N-methyl/N-ethyl adjacent to an activating group) is 1. The number of nitrogens with one attached hydrogen (secondary N) is 1. The number of aryl methyl sites for hydroxylation is 2. The first-order chi connectivity index (χ1) is 14.4. The molecular weight excluding hydrogens is 396 g/mol. The van der Waals surface area contributed by atoms with Crippen molar-refractivity contribution in [3.63, 3.8) is 0 Å². The summed E-state index contributed by atoms with van der Waals surface area (Å²) >= 11 is 1.46. The summed E-state index contributed by atoms with van der Waals surface area (Å²) in [6.45, 7) is 13.3. The molecule has 2 amide bonds. The third-order valence-corrected chi connectivity index (χ3v) is 6.40. The number of amides is 2. The summed E-state index contributed by atoms with van der Waals surface area (Å²) in [7, 11) is 0. The van der Waals surface area contributed by atoms with Crippen molar-refractivity contribution < 1.29 is 9.59 Å². The van der Waals surface area contributed by atoms with Gasteiger partial charge in [-0.15, -0.1) is 11.3 Å². The zero-order chi connectivity index (χ0) is 22.1. The number of carbonyl (C=O) groups is 2. The molecule has 1 atom stereocenters. The van der Waals surface area contributed by atoms with E-state index in [1.54, 1.807) is 4.90 Å². The van der Waals surface area contributed by atoms with E-state index in [9.17, 15) is 9.59 Å². The molecule has 164 valence electrons. The second-order valence-corrected chi connectivity index (χ2v) is 8.57. The van der Waals surface area contributed by atoms with Gasteiger partial charge in [-0.05, 0) is 38.9 Å². The Morgan fingerprint density at radius 3 is 2.27 bits per heavy atom. The van der Waals surface area contributed by atoms with Crippen molar-refractivity contribution in [2.75, 3.05) is 38.0 Å². The molecule has 0 aliphatic carbocycles. The molecule has 0 spiro atoms. The van der Waals surface area contributed by atoms with E-state index in [1.807, 2.05) is 51.1 Å². The Hall–Kier alpha value is -2.25. The Morgan fingerprint density at radius 1 is 1.07 bits per heavy atom. The molecule has 0 radical (unpaired) electrons. The number of nitrogens with zero attached hydrogens (tertiary/aromatic N) is 3. The highest BCUT2D eigenvalue weighted by Crippen LogP contribution is 2.23. The van der Waals surface area contributed by atoms with Crippen LogP contribution in [-0.4, -0.2) is 59.3 Å². The van der Waals surface area contributed by atoms with E-state index in [4.69, 9.17) is 0 Å². The lowest BCUT2D eigenvalue weighted by Crippen LogP contribution is -2.44. The number of aromatic nitrogens is 1. The topological polar surface area (TPSA) is 65.5 Å². The molecule has 1 N–H and O–H groups in total. The molecule has 2 aromatic rings. The van der Waals surface area contributed by atoms with Crippen molar-refractivity contribution >= 4 is 28.3 Å². The van der Waals surface area contributed by atoms with Gasteiger partial charge in [-0.2, -0.15) is 0 Å². The van der Waals surface area contributed by atoms with Crippen molar-refractivity contribution in [3.05, 3.63) is 46.5 Å². The van der Waals surface area contributed by atoms with Crippen LogP contribution in [-0.2, 0) is 9.59 Å². The highest BCUT2D eigenvalue weighted by atomic mass is 32.1. The summed E-state index contributed by atoms with van der Waals surface area (Å²) in [5.74, 6) is -0.461. The molecule has 6 nitrogen and oxygen atoms in total. The van der Waals surface area contributed by atoms with Crippen LogP contribution in [0.3, 0.4) is 0 Å². The first kappa shape index (κ1) is 24.0. The molecule has 2 rings (SSSR count). The molecule has 1 aromatic heterocycles. The van der Waals surface area contributed by atoms with Gasteiger partial charge >= 0.3 is 0 Å². The fourth-order valence-corrected chi connectivity index (χ4v) is 4.22. The molecule has 0 saturated heterocycles. The predicted octanol–water partition coefficient (Wildman–Crippen LogP) is 4.06. The molecule has 0 saturated carbocycles. The highest BCUT2D eigenvalue weighted by Gasteiger charge is 2.26. The normalized spacial score (nSPS) is 12.1. The lowest BCUT2D eigenvalue weighted by atomic mass is 9.95. The van der Waals surface area contributed by atoms with E-state index >= 15 is 0 Å². The monoisotopic (exact) mass is 430 g/mol. The van der Waals surface area contributed by atoms with Crippen LogP contribution in [0.4, 0.5) is 5.13 Å². The van der Waals surface area contributed by atoms with E-state index < -0.39 is 0 Å². The third-order valence-electron chi connectivity index (χ3n) is 5.41. The predicted molar refractivity (Wildman–Crippen MR) is 124 cm³/mol. The number of carbonyl (C=O) groups excluding carboxylic acids is 2. The number of thiazole rings is 1. The second-order valence-electron chi connectivity index (χ2n) is 7.37. The summed E-state index contributed by atoms with van der Waals surface area (Å²) < 4.78 is 0. The maximum atomic E-state index is 13.4. The van der Waals surface area contributed by atoms with Gasteiger partial charge in [0.2, 0.25) is 11.8 Å². The van der Waals surface area contributed by atoms with Gasteiger partial charge in [0.1, 0.15) is 0 Å². The average molecular weight is 431 g/mol. The minimum Gasteiger partial charge on any atom is -0.332 e. The smallest absolute Gasteiger partial charge is 0.245 e. The summed E-state index contributed by atoms with van der Waals surface area (Å²) in [6, 6.07) is 9.81. The van der Waals surface area contributed by atoms with E-state index in [2.05, 4.69) is 29.0 Å². The molecule has 0 bridgehead atoms. The average Bonchev–Trinajstić information content (AvgIpc) is 3.05. The Kier molecular flexibility index (Phi) is 9.46. The van der Waals surface area contributed by atoms with Gasteiger partial charge in [-0.1, -0.05) is 51.1 Å². The van der Waals surface area contributed by atoms with E-state index in [0.29, 0.717) is 18.1 Å². The molecule has 0 unspecified atom stereocenters. The quantitative estimate of drug-likeness (QED) is 0.584. The van der Waals surface area contributed by atoms with Crippen LogP contribution in [0.25, 0.3) is 0 Å². The maximum absolute atomic E-state index is 13.4. The van der Waals surface area contributed by atoms with Crippen molar-refractivity contribution in [2.45, 2.75) is 47.0 Å². The number of hydrogen-bond donors (Lipinski definition) is 1. The van der Waals surface area contributed by atoms with Gasteiger partial charge in [0.15, 0.2) is 5.13 Å². The van der Waals surface area contributed by atoms with Crippen LogP contribution < -0.4 is 5.32 Å². The molecule has 0 fully saturated rings. The zero-order valence-corrected chi connectivity index (χ0v) is 19.6. The van der Waals surface area contributed by atoms with Crippen molar-refractivity contribution in [3.8, 4) is 0 Å². The lowest BCUT2D eigenvalue weighted by molar-refractivity contribution is -0.136. The van der Waals surface area contributed by atoms with E-state index in [0.717, 1.165) is 35.8 Å². The molecular formula is C23H34N4O2S. The Morgan fingerprint density at radius 2 is 1.73 bits per heavy atom. The van der Waals surface area contributed by atoms with E-state index in [-0.39, 0.29) is 24.3 Å². The van der Waals surface area contributed by atoms with Gasteiger partial charge in [-0.25, -0.2) is 4.98 Å². The van der Waals surface area contributed by atoms with Crippen LogP contribution in [0.1, 0.15) is 49.2 Å². The molecule has 0 aliphatic heterocycles. The SMILES string of the molecule is CC[C@@H](C(=O)N(CCN(CC)CC)CC(=O)Nc1nc(C)c(C)s1)c1ccccc1. The number of benzene rings is 1. The van der Waals surface area contributed by atoms with Gasteiger partial charge in [-0.3, -0.25) is 9.59 Å². The molecule has 30 heavy (non-hydrogen) atoms. The minimum absolute atomic E-state index is 0.00231. The number of rotatable bonds is 11. The molecule has 7 heteroatoms. The first-order valence-corrected chi connectivity index (χ1v) is 11.5. The fourth-order valence-electron chi connectivity index (χ4n) is 3.39. The fraction of sp³-hybridized carbons (Fsp3) is 0.522. The summed E-state index contributed by atoms with van der Waals surface area (Å²) in [4.78, 5) is 35.6. The number of hydrogen-bond acceptors (Lipinski definition) is 5. The largest absolute Gasteiger partial charge is 0.332 e. The zero-order valence-electron chi connectivity index (χ0n) is 18.8. The van der Waals surface area contributed by atoms with Crippen LogP contribution >= 0.6 is 11.3 Å². The van der Waals surface area contributed by atoms with Crippen molar-refractivity contribution in [1.82, 2.24) is 14.8 Å². The lowest BCUT2D eigenvalue weighted by Gasteiger charge is -2.29. The molecule has 1 heterocycles. The maximum Gasteiger partial charge on any atom is 0.245 e. The Bertz CT molecular complexity index is 798. The van der Waals surface area contributed by atoms with Gasteiger partial charge < -0.3 is 15.1 Å². The summed E-state index contributed by atoms with van der Waals surface area (Å²) in [5.41, 5.74) is 1.91. The highest BCUT2D eigenvalue weighted by molar-refractivity contribution is 7.15. The summed E-state index contributed by atoms with van der Waals surface area (Å²) in [6.07, 6.45) is 0.692. The van der Waals surface area contributed by atoms with Gasteiger partial charge in [0.25, 0.3) is 0 Å². The number of anilines is 1. The minimum atomic E-state index is -0.250. The second kappa shape index (κ2) is 11.8. The Labute approximate surface area is 184 Å². The third kappa shape index (κ3) is 6.64.